The van der Waals surface area contributed by atoms with Crippen molar-refractivity contribution in [3.63, 3.8) is 0 Å². The molecule has 1 amide bonds. The number of carbonyl (C=O) groups excluding carboxylic acids is 2. The minimum Gasteiger partial charge on any atom is -0.462 e. The van der Waals surface area contributed by atoms with Gasteiger partial charge in [-0.15, -0.1) is 0 Å². The van der Waals surface area contributed by atoms with E-state index in [-0.39, 0.29) is 24.3 Å². The molecule has 0 unspecified atom stereocenters. The molecule has 6 nitrogen and oxygen atoms in total. The first-order chi connectivity index (χ1) is 12.2. The highest BCUT2D eigenvalue weighted by Gasteiger charge is 2.22. The van der Waals surface area contributed by atoms with Crippen LogP contribution in [0.1, 0.15) is 61.8 Å². The molecule has 6 heteroatoms. The standard InChI is InChI=1S/C20H26N2O4/c1-6-25-18(24)14-9-7-8-10-15(14)22-17(23)12-11-16-13(2)21-19(26-16)20(3,4)5/h7-10H,6,11-12H2,1-5H3,(H,22,23). The Morgan fingerprint density at radius 3 is 2.54 bits per heavy atom. The number of benzene rings is 1. The first-order valence-electron chi connectivity index (χ1n) is 8.75. The third-order valence-corrected chi connectivity index (χ3v) is 3.81. The third-order valence-electron chi connectivity index (χ3n) is 3.81. The van der Waals surface area contributed by atoms with Crippen LogP contribution >= 0.6 is 0 Å². The topological polar surface area (TPSA) is 81.4 Å². The molecular formula is C20H26N2O4. The molecule has 2 aromatic rings. The van der Waals surface area contributed by atoms with Crippen LogP contribution in [0.5, 0.6) is 0 Å². The summed E-state index contributed by atoms with van der Waals surface area (Å²) in [6.45, 7) is 9.98. The maximum atomic E-state index is 12.3. The van der Waals surface area contributed by atoms with E-state index in [4.69, 9.17) is 9.15 Å². The molecule has 0 aliphatic carbocycles. The highest BCUT2D eigenvalue weighted by Crippen LogP contribution is 2.24. The number of amides is 1. The maximum Gasteiger partial charge on any atom is 0.340 e. The number of nitrogens with one attached hydrogen (secondary N) is 1. The average molecular weight is 358 g/mol. The van der Waals surface area contributed by atoms with E-state index in [2.05, 4.69) is 10.3 Å². The van der Waals surface area contributed by atoms with Crippen molar-refractivity contribution in [2.45, 2.75) is 52.9 Å². The van der Waals surface area contributed by atoms with E-state index in [0.717, 1.165) is 5.69 Å². The van der Waals surface area contributed by atoms with Gasteiger partial charge in [-0.2, -0.15) is 0 Å². The second kappa shape index (κ2) is 8.17. The molecule has 0 atom stereocenters. The van der Waals surface area contributed by atoms with Gasteiger partial charge in [0.05, 0.1) is 23.6 Å². The number of aromatic nitrogens is 1. The number of nitrogens with zero attached hydrogens (tertiary/aromatic N) is 1. The normalized spacial score (nSPS) is 11.3. The van der Waals surface area contributed by atoms with Crippen molar-refractivity contribution >= 4 is 17.6 Å². The molecule has 1 aromatic carbocycles. The predicted molar refractivity (Wildman–Crippen MR) is 99.3 cm³/mol. The van der Waals surface area contributed by atoms with Gasteiger partial charge in [-0.3, -0.25) is 4.79 Å². The largest absolute Gasteiger partial charge is 0.462 e. The molecule has 0 spiro atoms. The number of ether oxygens (including phenoxy) is 1. The highest BCUT2D eigenvalue weighted by atomic mass is 16.5. The molecular weight excluding hydrogens is 332 g/mol. The van der Waals surface area contributed by atoms with Crippen LogP contribution in [0.15, 0.2) is 28.7 Å². The number of hydrogen-bond acceptors (Lipinski definition) is 5. The molecule has 1 N–H and O–H groups in total. The lowest BCUT2D eigenvalue weighted by atomic mass is 9.97. The van der Waals surface area contributed by atoms with Gasteiger partial charge in [0.1, 0.15) is 5.76 Å². The summed E-state index contributed by atoms with van der Waals surface area (Å²) in [5.41, 5.74) is 1.41. The van der Waals surface area contributed by atoms with Gasteiger partial charge in [0.25, 0.3) is 0 Å². The quantitative estimate of drug-likeness (QED) is 0.789. The molecule has 0 bridgehead atoms. The lowest BCUT2D eigenvalue weighted by Gasteiger charge is -2.12. The SMILES string of the molecule is CCOC(=O)c1ccccc1NC(=O)CCc1oc(C(C)(C)C)nc1C. The zero-order valence-electron chi connectivity index (χ0n) is 16.0. The van der Waals surface area contributed by atoms with Gasteiger partial charge in [0, 0.05) is 18.3 Å². The van der Waals surface area contributed by atoms with E-state index in [1.807, 2.05) is 27.7 Å². The molecule has 0 radical (unpaired) electrons. The summed E-state index contributed by atoms with van der Waals surface area (Å²) in [5.74, 6) is 0.723. The van der Waals surface area contributed by atoms with E-state index < -0.39 is 5.97 Å². The van der Waals surface area contributed by atoms with Crippen LogP contribution in [-0.4, -0.2) is 23.5 Å². The Kier molecular flexibility index (Phi) is 6.18. The van der Waals surface area contributed by atoms with Crippen LogP contribution in [-0.2, 0) is 21.4 Å². The smallest absolute Gasteiger partial charge is 0.340 e. The summed E-state index contributed by atoms with van der Waals surface area (Å²) in [5, 5.41) is 2.77. The Morgan fingerprint density at radius 2 is 1.92 bits per heavy atom. The number of hydrogen-bond donors (Lipinski definition) is 1. The number of oxazole rings is 1. The molecule has 1 aromatic heterocycles. The monoisotopic (exact) mass is 358 g/mol. The van der Waals surface area contributed by atoms with Crippen LogP contribution in [0.4, 0.5) is 5.69 Å². The Labute approximate surface area is 154 Å². The van der Waals surface area contributed by atoms with Crippen molar-refractivity contribution in [2.75, 3.05) is 11.9 Å². The van der Waals surface area contributed by atoms with Gasteiger partial charge in [-0.1, -0.05) is 32.9 Å². The fourth-order valence-electron chi connectivity index (χ4n) is 2.40. The zero-order chi connectivity index (χ0) is 19.3. The maximum absolute atomic E-state index is 12.3. The molecule has 26 heavy (non-hydrogen) atoms. The van der Waals surface area contributed by atoms with Gasteiger partial charge < -0.3 is 14.5 Å². The van der Waals surface area contributed by atoms with Crippen LogP contribution in [0, 0.1) is 6.92 Å². The lowest BCUT2D eigenvalue weighted by molar-refractivity contribution is -0.116. The van der Waals surface area contributed by atoms with Gasteiger partial charge in [-0.05, 0) is 26.0 Å². The van der Waals surface area contributed by atoms with E-state index in [1.54, 1.807) is 31.2 Å². The third kappa shape index (κ3) is 4.94. The molecule has 0 saturated carbocycles. The first kappa shape index (κ1) is 19.7. The average Bonchev–Trinajstić information content (AvgIpc) is 2.95. The number of aryl methyl sites for hydroxylation is 2. The Morgan fingerprint density at radius 1 is 1.23 bits per heavy atom. The van der Waals surface area contributed by atoms with E-state index >= 15 is 0 Å². The highest BCUT2D eigenvalue weighted by molar-refractivity contribution is 6.01. The summed E-state index contributed by atoms with van der Waals surface area (Å²) < 4.78 is 10.8. The minimum absolute atomic E-state index is 0.177. The molecule has 140 valence electrons. The Balaban J connectivity index is 2.02. The first-order valence-corrected chi connectivity index (χ1v) is 8.75. The number of para-hydroxylation sites is 1. The number of esters is 1. The number of rotatable bonds is 6. The fourth-order valence-corrected chi connectivity index (χ4v) is 2.40. The summed E-state index contributed by atoms with van der Waals surface area (Å²) >= 11 is 0. The van der Waals surface area contributed by atoms with E-state index in [1.165, 1.54) is 0 Å². The molecule has 2 rings (SSSR count). The lowest BCUT2D eigenvalue weighted by Crippen LogP contribution is -2.16. The molecule has 0 saturated heterocycles. The van der Waals surface area contributed by atoms with E-state index in [0.29, 0.717) is 29.3 Å². The van der Waals surface area contributed by atoms with Crippen molar-refractivity contribution in [3.8, 4) is 0 Å². The van der Waals surface area contributed by atoms with Crippen LogP contribution in [0.2, 0.25) is 0 Å². The molecule has 0 fully saturated rings. The fraction of sp³-hybridized carbons (Fsp3) is 0.450. The van der Waals surface area contributed by atoms with Crippen LogP contribution in [0.25, 0.3) is 0 Å². The van der Waals surface area contributed by atoms with Crippen LogP contribution in [0.3, 0.4) is 0 Å². The van der Waals surface area contributed by atoms with Crippen molar-refractivity contribution < 1.29 is 18.7 Å². The molecule has 0 aliphatic heterocycles. The summed E-state index contributed by atoms with van der Waals surface area (Å²) in [7, 11) is 0. The second-order valence-electron chi connectivity index (χ2n) is 7.09. The van der Waals surface area contributed by atoms with Crippen molar-refractivity contribution in [1.82, 2.24) is 4.98 Å². The van der Waals surface area contributed by atoms with Crippen molar-refractivity contribution in [1.29, 1.82) is 0 Å². The molecule has 1 heterocycles. The summed E-state index contributed by atoms with van der Waals surface area (Å²) in [6, 6.07) is 6.80. The van der Waals surface area contributed by atoms with Crippen molar-refractivity contribution in [3.05, 3.63) is 47.2 Å². The Hall–Kier alpha value is -2.63. The number of anilines is 1. The second-order valence-corrected chi connectivity index (χ2v) is 7.09. The minimum atomic E-state index is -0.454. The predicted octanol–water partition coefficient (Wildman–Crippen LogP) is 4.03. The summed E-state index contributed by atoms with van der Waals surface area (Å²) in [4.78, 5) is 28.7. The van der Waals surface area contributed by atoms with Crippen LogP contribution < -0.4 is 5.32 Å². The van der Waals surface area contributed by atoms with Crippen molar-refractivity contribution in [2.24, 2.45) is 0 Å². The molecule has 0 aliphatic rings. The van der Waals surface area contributed by atoms with E-state index in [9.17, 15) is 9.59 Å². The van der Waals surface area contributed by atoms with Gasteiger partial charge in [-0.25, -0.2) is 9.78 Å². The van der Waals surface area contributed by atoms with Gasteiger partial charge in [0.15, 0.2) is 5.89 Å². The summed E-state index contributed by atoms with van der Waals surface area (Å²) in [6.07, 6.45) is 0.680. The zero-order valence-corrected chi connectivity index (χ0v) is 16.0. The number of carbonyl (C=O) groups is 2. The van der Waals surface area contributed by atoms with Gasteiger partial charge >= 0.3 is 5.97 Å². The Bertz CT molecular complexity index is 787. The van der Waals surface area contributed by atoms with Gasteiger partial charge in [0.2, 0.25) is 5.91 Å².